The van der Waals surface area contributed by atoms with Gasteiger partial charge in [0.2, 0.25) is 0 Å². The van der Waals surface area contributed by atoms with Gasteiger partial charge < -0.3 is 19.7 Å². The Morgan fingerprint density at radius 1 is 1.24 bits per heavy atom. The molecule has 0 aliphatic carbocycles. The van der Waals surface area contributed by atoms with Gasteiger partial charge in [0.25, 0.3) is 5.91 Å². The van der Waals surface area contributed by atoms with Crippen molar-refractivity contribution >= 4 is 29.0 Å². The van der Waals surface area contributed by atoms with E-state index < -0.39 is 6.10 Å². The van der Waals surface area contributed by atoms with E-state index in [0.717, 1.165) is 24.5 Å². The monoisotopic (exact) mass is 359 g/mol. The molecule has 25 heavy (non-hydrogen) atoms. The van der Waals surface area contributed by atoms with Crippen molar-refractivity contribution in [2.45, 2.75) is 12.5 Å². The van der Waals surface area contributed by atoms with Crippen LogP contribution in [0.15, 0.2) is 36.5 Å². The molecular formula is C18H18ClN3O3. The molecule has 1 unspecified atom stereocenters. The van der Waals surface area contributed by atoms with E-state index in [0.29, 0.717) is 36.1 Å². The first kappa shape index (κ1) is 16.2. The standard InChI is InChI=1S/C18H18ClN3O3/c19-13-1-3-15-12(9-13)10-16(25-15)18(23)21-14-2-4-17(20-11-14)22-5-7-24-8-6-22/h1-4,9,11,16H,5-8,10H2,(H,21,23). The van der Waals surface area contributed by atoms with Gasteiger partial charge in [-0.25, -0.2) is 4.98 Å². The lowest BCUT2D eigenvalue weighted by molar-refractivity contribution is -0.122. The molecular weight excluding hydrogens is 342 g/mol. The number of fused-ring (bicyclic) bond motifs is 1. The van der Waals surface area contributed by atoms with Gasteiger partial charge in [0.15, 0.2) is 6.10 Å². The zero-order valence-corrected chi connectivity index (χ0v) is 14.3. The number of morpholine rings is 1. The molecule has 1 aromatic carbocycles. The quantitative estimate of drug-likeness (QED) is 0.912. The fourth-order valence-corrected chi connectivity index (χ4v) is 3.22. The first-order chi connectivity index (χ1) is 12.2. The van der Waals surface area contributed by atoms with E-state index in [2.05, 4.69) is 15.2 Å². The third kappa shape index (κ3) is 3.55. The predicted octanol–water partition coefficient (Wildman–Crippen LogP) is 2.51. The number of carbonyl (C=O) groups is 1. The van der Waals surface area contributed by atoms with Crippen molar-refractivity contribution in [3.8, 4) is 5.75 Å². The van der Waals surface area contributed by atoms with Gasteiger partial charge in [-0.05, 0) is 35.9 Å². The third-order valence-electron chi connectivity index (χ3n) is 4.34. The summed E-state index contributed by atoms with van der Waals surface area (Å²) >= 11 is 5.98. The minimum Gasteiger partial charge on any atom is -0.480 e. The molecule has 0 radical (unpaired) electrons. The Morgan fingerprint density at radius 3 is 2.84 bits per heavy atom. The number of halogens is 1. The molecule has 1 atom stereocenters. The minimum atomic E-state index is -0.549. The normalized spacial score (nSPS) is 19.2. The van der Waals surface area contributed by atoms with Gasteiger partial charge in [-0.2, -0.15) is 0 Å². The zero-order chi connectivity index (χ0) is 17.2. The van der Waals surface area contributed by atoms with Crippen LogP contribution in [0, 0.1) is 0 Å². The highest BCUT2D eigenvalue weighted by Gasteiger charge is 2.29. The second-order valence-corrected chi connectivity index (χ2v) is 6.49. The fourth-order valence-electron chi connectivity index (χ4n) is 3.03. The van der Waals surface area contributed by atoms with Crippen molar-refractivity contribution in [3.05, 3.63) is 47.1 Å². The SMILES string of the molecule is O=C(Nc1ccc(N2CCOCC2)nc1)C1Cc2cc(Cl)ccc2O1. The summed E-state index contributed by atoms with van der Waals surface area (Å²) in [6.45, 7) is 3.08. The van der Waals surface area contributed by atoms with Gasteiger partial charge in [0, 0.05) is 24.5 Å². The predicted molar refractivity (Wildman–Crippen MR) is 95.5 cm³/mol. The molecule has 3 heterocycles. The second-order valence-electron chi connectivity index (χ2n) is 6.06. The van der Waals surface area contributed by atoms with E-state index in [4.69, 9.17) is 21.1 Å². The summed E-state index contributed by atoms with van der Waals surface area (Å²) in [5.41, 5.74) is 1.60. The molecule has 1 fully saturated rings. The molecule has 1 amide bonds. The van der Waals surface area contributed by atoms with Crippen LogP contribution in [-0.4, -0.2) is 43.3 Å². The summed E-state index contributed by atoms with van der Waals surface area (Å²) < 4.78 is 11.0. The number of rotatable bonds is 3. The van der Waals surface area contributed by atoms with Gasteiger partial charge in [0.05, 0.1) is 25.1 Å². The van der Waals surface area contributed by atoms with Crippen LogP contribution < -0.4 is 15.0 Å². The maximum absolute atomic E-state index is 12.4. The fraction of sp³-hybridized carbons (Fsp3) is 0.333. The number of amides is 1. The summed E-state index contributed by atoms with van der Waals surface area (Å²) in [5.74, 6) is 1.42. The van der Waals surface area contributed by atoms with Crippen LogP contribution in [0.3, 0.4) is 0 Å². The molecule has 6 nitrogen and oxygen atoms in total. The highest BCUT2D eigenvalue weighted by Crippen LogP contribution is 2.31. The van der Waals surface area contributed by atoms with E-state index in [-0.39, 0.29) is 5.91 Å². The van der Waals surface area contributed by atoms with Crippen LogP contribution in [0.1, 0.15) is 5.56 Å². The highest BCUT2D eigenvalue weighted by molar-refractivity contribution is 6.30. The van der Waals surface area contributed by atoms with Crippen molar-refractivity contribution in [1.82, 2.24) is 4.98 Å². The van der Waals surface area contributed by atoms with Crippen LogP contribution in [-0.2, 0) is 16.0 Å². The van der Waals surface area contributed by atoms with Gasteiger partial charge >= 0.3 is 0 Å². The van der Waals surface area contributed by atoms with E-state index in [1.54, 1.807) is 18.3 Å². The zero-order valence-electron chi connectivity index (χ0n) is 13.6. The summed E-state index contributed by atoms with van der Waals surface area (Å²) in [5, 5.41) is 3.51. The maximum Gasteiger partial charge on any atom is 0.265 e. The van der Waals surface area contributed by atoms with Crippen molar-refractivity contribution in [2.75, 3.05) is 36.5 Å². The molecule has 2 aliphatic heterocycles. The number of aromatic nitrogens is 1. The molecule has 2 aliphatic rings. The summed E-state index contributed by atoms with van der Waals surface area (Å²) in [4.78, 5) is 19.0. The Balaban J connectivity index is 1.38. The number of ether oxygens (including phenoxy) is 2. The third-order valence-corrected chi connectivity index (χ3v) is 4.58. The topological polar surface area (TPSA) is 63.7 Å². The minimum absolute atomic E-state index is 0.187. The number of anilines is 2. The first-order valence-electron chi connectivity index (χ1n) is 8.24. The van der Waals surface area contributed by atoms with Crippen molar-refractivity contribution in [1.29, 1.82) is 0 Å². The largest absolute Gasteiger partial charge is 0.480 e. The number of pyridine rings is 1. The van der Waals surface area contributed by atoms with Crippen LogP contribution in [0.25, 0.3) is 0 Å². The lowest BCUT2D eigenvalue weighted by Crippen LogP contribution is -2.36. The van der Waals surface area contributed by atoms with Crippen molar-refractivity contribution < 1.29 is 14.3 Å². The maximum atomic E-state index is 12.4. The molecule has 0 spiro atoms. The molecule has 4 rings (SSSR count). The van der Waals surface area contributed by atoms with Crippen molar-refractivity contribution in [2.24, 2.45) is 0 Å². The number of nitrogens with one attached hydrogen (secondary N) is 1. The second kappa shape index (κ2) is 6.90. The number of benzene rings is 1. The molecule has 2 aromatic rings. The van der Waals surface area contributed by atoms with E-state index in [9.17, 15) is 4.79 Å². The Hall–Kier alpha value is -2.31. The Bertz CT molecular complexity index is 776. The van der Waals surface area contributed by atoms with Gasteiger partial charge in [-0.3, -0.25) is 4.79 Å². The van der Waals surface area contributed by atoms with Gasteiger partial charge in [-0.1, -0.05) is 11.6 Å². The summed E-state index contributed by atoms with van der Waals surface area (Å²) in [6, 6.07) is 9.15. The molecule has 0 saturated carbocycles. The average molecular weight is 360 g/mol. The van der Waals surface area contributed by atoms with Crippen LogP contribution >= 0.6 is 11.6 Å². The summed E-state index contributed by atoms with van der Waals surface area (Å²) in [6.07, 6.45) is 1.63. The smallest absolute Gasteiger partial charge is 0.265 e. The van der Waals surface area contributed by atoms with E-state index in [1.807, 2.05) is 18.2 Å². The molecule has 130 valence electrons. The Kier molecular flexibility index (Phi) is 4.46. The van der Waals surface area contributed by atoms with Gasteiger partial charge in [0.1, 0.15) is 11.6 Å². The molecule has 7 heteroatoms. The highest BCUT2D eigenvalue weighted by atomic mass is 35.5. The molecule has 0 bridgehead atoms. The average Bonchev–Trinajstić information content (AvgIpc) is 3.06. The Labute approximate surface area is 150 Å². The number of hydrogen-bond donors (Lipinski definition) is 1. The van der Waals surface area contributed by atoms with Gasteiger partial charge in [-0.15, -0.1) is 0 Å². The van der Waals surface area contributed by atoms with Crippen LogP contribution in [0.5, 0.6) is 5.75 Å². The van der Waals surface area contributed by atoms with E-state index in [1.165, 1.54) is 0 Å². The summed E-state index contributed by atoms with van der Waals surface area (Å²) in [7, 11) is 0. The number of hydrogen-bond acceptors (Lipinski definition) is 5. The number of carbonyl (C=O) groups excluding carboxylic acids is 1. The lowest BCUT2D eigenvalue weighted by atomic mass is 10.1. The van der Waals surface area contributed by atoms with E-state index >= 15 is 0 Å². The van der Waals surface area contributed by atoms with Crippen LogP contribution in [0.2, 0.25) is 5.02 Å². The Morgan fingerprint density at radius 2 is 2.08 bits per heavy atom. The molecule has 1 saturated heterocycles. The van der Waals surface area contributed by atoms with Crippen molar-refractivity contribution in [3.63, 3.8) is 0 Å². The molecule has 1 aromatic heterocycles. The first-order valence-corrected chi connectivity index (χ1v) is 8.61. The lowest BCUT2D eigenvalue weighted by Gasteiger charge is -2.27. The van der Waals surface area contributed by atoms with Crippen LogP contribution in [0.4, 0.5) is 11.5 Å². The number of nitrogens with zero attached hydrogens (tertiary/aromatic N) is 2. The molecule has 1 N–H and O–H groups in total.